The molecule has 15 heavy (non-hydrogen) atoms. The molecule has 92 valence electrons. The number of carboxylic acid groups (broad SMARTS) is 1. The quantitative estimate of drug-likeness (QED) is 0.672. The molecule has 0 heterocycles. The summed E-state index contributed by atoms with van der Waals surface area (Å²) < 4.78 is 0. The van der Waals surface area contributed by atoms with Crippen molar-refractivity contribution in [2.45, 2.75) is 71.8 Å². The zero-order valence-corrected chi connectivity index (χ0v) is 10.7. The lowest BCUT2D eigenvalue weighted by Gasteiger charge is -2.15. The molecule has 0 atom stereocenters. The highest BCUT2D eigenvalue weighted by Gasteiger charge is 2.06. The van der Waals surface area contributed by atoms with Crippen molar-refractivity contribution in [3.8, 4) is 0 Å². The Labute approximate surface area is 94.1 Å². The van der Waals surface area contributed by atoms with Crippen molar-refractivity contribution >= 4 is 5.97 Å². The van der Waals surface area contributed by atoms with Crippen LogP contribution in [-0.2, 0) is 4.79 Å². The molecular formula is C12H27NO2. The first-order valence-electron chi connectivity index (χ1n) is 5.84. The minimum atomic E-state index is -0.682. The Hall–Kier alpha value is -0.570. The Morgan fingerprint density at radius 1 is 1.20 bits per heavy atom. The van der Waals surface area contributed by atoms with Crippen LogP contribution in [0, 0.1) is 0 Å². The van der Waals surface area contributed by atoms with Gasteiger partial charge in [0.1, 0.15) is 0 Å². The van der Waals surface area contributed by atoms with Gasteiger partial charge >= 0.3 is 5.97 Å². The molecule has 3 N–H and O–H groups in total. The topological polar surface area (TPSA) is 63.3 Å². The third kappa shape index (κ3) is 24.7. The molecule has 0 aromatic rings. The summed E-state index contributed by atoms with van der Waals surface area (Å²) in [5.74, 6) is -0.682. The molecule has 3 nitrogen and oxygen atoms in total. The van der Waals surface area contributed by atoms with Crippen molar-refractivity contribution in [1.82, 2.24) is 0 Å². The molecular weight excluding hydrogens is 190 g/mol. The Bertz CT molecular complexity index is 150. The summed E-state index contributed by atoms with van der Waals surface area (Å²) in [6.45, 7) is 8.31. The number of nitrogens with two attached hydrogens (primary N) is 1. The van der Waals surface area contributed by atoms with Crippen LogP contribution >= 0.6 is 0 Å². The van der Waals surface area contributed by atoms with Crippen LogP contribution < -0.4 is 5.73 Å². The molecule has 0 unspecified atom stereocenters. The predicted octanol–water partition coefficient (Wildman–Crippen LogP) is 3.18. The second-order valence-electron chi connectivity index (χ2n) is 4.59. The highest BCUT2D eigenvalue weighted by atomic mass is 16.4. The molecule has 0 aliphatic heterocycles. The number of carbonyl (C=O) groups is 1. The van der Waals surface area contributed by atoms with Crippen molar-refractivity contribution in [3.63, 3.8) is 0 Å². The largest absolute Gasteiger partial charge is 0.481 e. The van der Waals surface area contributed by atoms with E-state index in [0.717, 1.165) is 25.7 Å². The van der Waals surface area contributed by atoms with Gasteiger partial charge in [-0.05, 0) is 26.7 Å². The first-order valence-corrected chi connectivity index (χ1v) is 5.84. The maximum Gasteiger partial charge on any atom is 0.303 e. The van der Waals surface area contributed by atoms with Gasteiger partial charge in [-0.25, -0.2) is 0 Å². The fourth-order valence-electron chi connectivity index (χ4n) is 1.17. The van der Waals surface area contributed by atoms with Crippen molar-refractivity contribution in [1.29, 1.82) is 0 Å². The third-order valence-corrected chi connectivity index (χ3v) is 1.89. The number of unbranched alkanes of at least 4 members (excludes halogenated alkanes) is 2. The van der Waals surface area contributed by atoms with E-state index in [-0.39, 0.29) is 5.54 Å². The van der Waals surface area contributed by atoms with Crippen molar-refractivity contribution in [3.05, 3.63) is 0 Å². The number of hydrogen-bond acceptors (Lipinski definition) is 2. The summed E-state index contributed by atoms with van der Waals surface area (Å²) in [7, 11) is 0. The number of rotatable bonds is 6. The van der Waals surface area contributed by atoms with E-state index < -0.39 is 5.97 Å². The van der Waals surface area contributed by atoms with Crippen molar-refractivity contribution in [2.24, 2.45) is 5.73 Å². The van der Waals surface area contributed by atoms with E-state index in [9.17, 15) is 4.79 Å². The van der Waals surface area contributed by atoms with Crippen molar-refractivity contribution < 1.29 is 9.90 Å². The highest BCUT2D eigenvalue weighted by molar-refractivity contribution is 5.66. The Balaban J connectivity index is 0. The van der Waals surface area contributed by atoms with E-state index in [2.05, 4.69) is 27.7 Å². The molecule has 0 bridgehead atoms. The van der Waals surface area contributed by atoms with Crippen LogP contribution in [0.2, 0.25) is 0 Å². The summed E-state index contributed by atoms with van der Waals surface area (Å²) in [4.78, 5) is 9.87. The van der Waals surface area contributed by atoms with Gasteiger partial charge in [-0.15, -0.1) is 0 Å². The summed E-state index contributed by atoms with van der Waals surface area (Å²) in [5, 5.41) is 8.14. The van der Waals surface area contributed by atoms with E-state index in [0.29, 0.717) is 6.42 Å². The first-order chi connectivity index (χ1) is 6.83. The minimum absolute atomic E-state index is 0.0503. The molecule has 0 amide bonds. The Morgan fingerprint density at radius 2 is 1.73 bits per heavy atom. The molecule has 3 heteroatoms. The molecule has 0 aliphatic rings. The van der Waals surface area contributed by atoms with Crippen LogP contribution in [0.3, 0.4) is 0 Å². The summed E-state index contributed by atoms with van der Waals surface area (Å²) in [5.41, 5.74) is 5.70. The SMILES string of the molecule is CCCC(C)(C)N.CCCCCC(=O)O. The summed E-state index contributed by atoms with van der Waals surface area (Å²) >= 11 is 0. The van der Waals surface area contributed by atoms with Gasteiger partial charge in [-0.2, -0.15) is 0 Å². The minimum Gasteiger partial charge on any atom is -0.481 e. The lowest BCUT2D eigenvalue weighted by atomic mass is 10.0. The molecule has 0 saturated heterocycles. The van der Waals surface area contributed by atoms with Gasteiger partial charge in [0.2, 0.25) is 0 Å². The van der Waals surface area contributed by atoms with E-state index in [1.54, 1.807) is 0 Å². The highest BCUT2D eigenvalue weighted by Crippen LogP contribution is 2.04. The van der Waals surface area contributed by atoms with Gasteiger partial charge < -0.3 is 10.8 Å². The number of carboxylic acids is 1. The maximum atomic E-state index is 9.87. The zero-order chi connectivity index (χ0) is 12.3. The van der Waals surface area contributed by atoms with Crippen molar-refractivity contribution in [2.75, 3.05) is 0 Å². The van der Waals surface area contributed by atoms with Gasteiger partial charge in [-0.1, -0.05) is 33.1 Å². The maximum absolute atomic E-state index is 9.87. The zero-order valence-electron chi connectivity index (χ0n) is 10.7. The fourth-order valence-corrected chi connectivity index (χ4v) is 1.17. The normalized spacial score (nSPS) is 10.5. The van der Waals surface area contributed by atoms with Crippen LogP contribution in [0.1, 0.15) is 66.2 Å². The van der Waals surface area contributed by atoms with Gasteiger partial charge in [0.25, 0.3) is 0 Å². The standard InChI is InChI=1S/C6H15N.C6H12O2/c1-4-5-6(2,3)7;1-2-3-4-5-6(7)8/h4-5,7H2,1-3H3;2-5H2,1H3,(H,7,8). The van der Waals surface area contributed by atoms with Crippen LogP contribution in [0.5, 0.6) is 0 Å². The van der Waals surface area contributed by atoms with Crippen LogP contribution in [-0.4, -0.2) is 16.6 Å². The average molecular weight is 217 g/mol. The second kappa shape index (κ2) is 9.97. The van der Waals surface area contributed by atoms with Gasteiger partial charge in [0.05, 0.1) is 0 Å². The van der Waals surface area contributed by atoms with Crippen LogP contribution in [0.4, 0.5) is 0 Å². The van der Waals surface area contributed by atoms with Crippen LogP contribution in [0.15, 0.2) is 0 Å². The average Bonchev–Trinajstić information content (AvgIpc) is 2.02. The van der Waals surface area contributed by atoms with E-state index in [1.807, 2.05) is 0 Å². The summed E-state index contributed by atoms with van der Waals surface area (Å²) in [6.07, 6.45) is 5.58. The number of hydrogen-bond donors (Lipinski definition) is 2. The number of aliphatic carboxylic acids is 1. The molecule has 0 saturated carbocycles. The van der Waals surface area contributed by atoms with E-state index >= 15 is 0 Å². The summed E-state index contributed by atoms with van der Waals surface area (Å²) in [6, 6.07) is 0. The molecule has 0 aromatic heterocycles. The molecule has 0 aliphatic carbocycles. The monoisotopic (exact) mass is 217 g/mol. The molecule has 0 rings (SSSR count). The van der Waals surface area contributed by atoms with E-state index in [4.69, 9.17) is 10.8 Å². The molecule has 0 fully saturated rings. The predicted molar refractivity (Wildman–Crippen MR) is 65.0 cm³/mol. The molecule has 0 radical (unpaired) electrons. The fraction of sp³-hybridized carbons (Fsp3) is 0.917. The smallest absolute Gasteiger partial charge is 0.303 e. The lowest BCUT2D eigenvalue weighted by Crippen LogP contribution is -2.31. The van der Waals surface area contributed by atoms with Gasteiger partial charge in [-0.3, -0.25) is 4.79 Å². The second-order valence-corrected chi connectivity index (χ2v) is 4.59. The first kappa shape index (κ1) is 16.8. The molecule has 0 spiro atoms. The third-order valence-electron chi connectivity index (χ3n) is 1.89. The van der Waals surface area contributed by atoms with Gasteiger partial charge in [0.15, 0.2) is 0 Å². The van der Waals surface area contributed by atoms with E-state index in [1.165, 1.54) is 6.42 Å². The Morgan fingerprint density at radius 3 is 1.93 bits per heavy atom. The molecule has 0 aromatic carbocycles. The Kier molecular flexibility index (Phi) is 11.2. The lowest BCUT2D eigenvalue weighted by molar-refractivity contribution is -0.137. The van der Waals surface area contributed by atoms with Gasteiger partial charge in [0, 0.05) is 12.0 Å². The van der Waals surface area contributed by atoms with Crippen LogP contribution in [0.25, 0.3) is 0 Å².